The molecule has 0 bridgehead atoms. The number of hydrogen-bond acceptors (Lipinski definition) is 3. The van der Waals surface area contributed by atoms with Gasteiger partial charge >= 0.3 is 0 Å². The minimum Gasteiger partial charge on any atom is -0.378 e. The number of ether oxygens (including phenoxy) is 1. The van der Waals surface area contributed by atoms with E-state index in [1.165, 1.54) is 5.56 Å². The Balaban J connectivity index is 1.98. The monoisotopic (exact) mass is 268 g/mol. The maximum atomic E-state index is 6.22. The first-order valence-electron chi connectivity index (χ1n) is 6.57. The Kier molecular flexibility index (Phi) is 5.45. The summed E-state index contributed by atoms with van der Waals surface area (Å²) < 4.78 is 5.56. The molecule has 1 aliphatic heterocycles. The van der Waals surface area contributed by atoms with Gasteiger partial charge in [0.2, 0.25) is 0 Å². The summed E-state index contributed by atoms with van der Waals surface area (Å²) in [5.74, 6) is 0. The van der Waals surface area contributed by atoms with Gasteiger partial charge in [-0.05, 0) is 18.2 Å². The Labute approximate surface area is 114 Å². The number of likely N-dealkylation sites (N-methyl/N-ethyl adjacent to an activating group) is 1. The molecule has 0 radical (unpaired) electrons. The van der Waals surface area contributed by atoms with Crippen LogP contribution in [0.3, 0.4) is 0 Å². The fourth-order valence-electron chi connectivity index (χ4n) is 2.24. The Morgan fingerprint density at radius 1 is 1.44 bits per heavy atom. The summed E-state index contributed by atoms with van der Waals surface area (Å²) >= 11 is 6.22. The second-order valence-electron chi connectivity index (χ2n) is 4.60. The smallest absolute Gasteiger partial charge is 0.0635 e. The fourth-order valence-corrected chi connectivity index (χ4v) is 2.44. The van der Waals surface area contributed by atoms with Gasteiger partial charge in [-0.3, -0.25) is 4.90 Å². The van der Waals surface area contributed by atoms with Crippen LogP contribution in [0.2, 0.25) is 5.02 Å². The van der Waals surface area contributed by atoms with E-state index < -0.39 is 0 Å². The van der Waals surface area contributed by atoms with Gasteiger partial charge in [-0.25, -0.2) is 0 Å². The largest absolute Gasteiger partial charge is 0.378 e. The van der Waals surface area contributed by atoms with Gasteiger partial charge in [0.05, 0.1) is 13.2 Å². The lowest BCUT2D eigenvalue weighted by atomic mass is 10.1. The lowest BCUT2D eigenvalue weighted by Gasteiger charge is -2.35. The molecule has 1 aromatic carbocycles. The van der Waals surface area contributed by atoms with Crippen LogP contribution >= 0.6 is 11.6 Å². The van der Waals surface area contributed by atoms with Crippen molar-refractivity contribution in [3.05, 3.63) is 34.9 Å². The highest BCUT2D eigenvalue weighted by Crippen LogP contribution is 2.19. The average molecular weight is 269 g/mol. The predicted molar refractivity (Wildman–Crippen MR) is 75.0 cm³/mol. The van der Waals surface area contributed by atoms with Gasteiger partial charge in [-0.15, -0.1) is 0 Å². The van der Waals surface area contributed by atoms with Crippen molar-refractivity contribution in [3.63, 3.8) is 0 Å². The lowest BCUT2D eigenvalue weighted by molar-refractivity contribution is -0.0107. The van der Waals surface area contributed by atoms with Crippen LogP contribution in [0.25, 0.3) is 0 Å². The average Bonchev–Trinajstić information content (AvgIpc) is 2.40. The van der Waals surface area contributed by atoms with Crippen molar-refractivity contribution in [1.82, 2.24) is 10.2 Å². The predicted octanol–water partition coefficient (Wildman–Crippen LogP) is 2.15. The molecule has 1 aromatic rings. The minimum absolute atomic E-state index is 0.440. The third-order valence-electron chi connectivity index (χ3n) is 3.31. The van der Waals surface area contributed by atoms with Crippen molar-refractivity contribution in [2.24, 2.45) is 0 Å². The molecule has 18 heavy (non-hydrogen) atoms. The van der Waals surface area contributed by atoms with Crippen molar-refractivity contribution in [3.8, 4) is 0 Å². The van der Waals surface area contributed by atoms with Crippen LogP contribution in [-0.2, 0) is 11.3 Å². The molecule has 0 aromatic heterocycles. The third kappa shape index (κ3) is 3.69. The van der Waals surface area contributed by atoms with Crippen molar-refractivity contribution in [2.75, 3.05) is 32.8 Å². The number of nitrogens with one attached hydrogen (secondary N) is 1. The summed E-state index contributed by atoms with van der Waals surface area (Å²) in [4.78, 5) is 2.45. The van der Waals surface area contributed by atoms with Crippen LogP contribution in [0.4, 0.5) is 0 Å². The molecular formula is C14H21ClN2O. The van der Waals surface area contributed by atoms with Gasteiger partial charge in [0.25, 0.3) is 0 Å². The van der Waals surface area contributed by atoms with Gasteiger partial charge in [0.15, 0.2) is 0 Å². The fraction of sp³-hybridized carbons (Fsp3) is 0.571. The van der Waals surface area contributed by atoms with Crippen molar-refractivity contribution < 1.29 is 4.74 Å². The second kappa shape index (κ2) is 7.10. The zero-order valence-electron chi connectivity index (χ0n) is 10.9. The third-order valence-corrected chi connectivity index (χ3v) is 3.68. The maximum Gasteiger partial charge on any atom is 0.0635 e. The van der Waals surface area contributed by atoms with Gasteiger partial charge in [-0.2, -0.15) is 0 Å². The molecule has 1 unspecified atom stereocenters. The maximum absolute atomic E-state index is 6.22. The zero-order valence-corrected chi connectivity index (χ0v) is 11.6. The van der Waals surface area contributed by atoms with Gasteiger partial charge in [0.1, 0.15) is 0 Å². The molecule has 1 atom stereocenters. The Bertz CT molecular complexity index is 373. The highest BCUT2D eigenvalue weighted by Gasteiger charge is 2.22. The van der Waals surface area contributed by atoms with E-state index in [2.05, 4.69) is 23.2 Å². The van der Waals surface area contributed by atoms with E-state index in [4.69, 9.17) is 16.3 Å². The number of nitrogens with zero attached hydrogens (tertiary/aromatic N) is 1. The highest BCUT2D eigenvalue weighted by molar-refractivity contribution is 6.31. The number of benzene rings is 1. The molecule has 1 heterocycles. The van der Waals surface area contributed by atoms with E-state index in [-0.39, 0.29) is 0 Å². The minimum atomic E-state index is 0.440. The summed E-state index contributed by atoms with van der Waals surface area (Å²) in [6.07, 6.45) is 0. The van der Waals surface area contributed by atoms with E-state index in [0.717, 1.165) is 44.4 Å². The lowest BCUT2D eigenvalue weighted by Crippen LogP contribution is -2.49. The van der Waals surface area contributed by atoms with Crippen LogP contribution in [0.1, 0.15) is 12.5 Å². The number of morpholine rings is 1. The van der Waals surface area contributed by atoms with Crippen LogP contribution in [0.15, 0.2) is 24.3 Å². The molecule has 3 nitrogen and oxygen atoms in total. The quantitative estimate of drug-likeness (QED) is 0.886. The first kappa shape index (κ1) is 13.8. The van der Waals surface area contributed by atoms with E-state index in [9.17, 15) is 0 Å². The number of rotatable bonds is 5. The topological polar surface area (TPSA) is 24.5 Å². The molecule has 2 rings (SSSR count). The Morgan fingerprint density at radius 3 is 3.06 bits per heavy atom. The standard InChI is InChI=1S/C14H21ClN2O/c1-2-16-9-13-11-18-8-7-17(13)10-12-5-3-4-6-14(12)15/h3-6,13,16H,2,7-11H2,1H3. The molecule has 1 fully saturated rings. The van der Waals surface area contributed by atoms with Crippen LogP contribution in [0.5, 0.6) is 0 Å². The summed E-state index contributed by atoms with van der Waals surface area (Å²) in [6, 6.07) is 8.51. The summed E-state index contributed by atoms with van der Waals surface area (Å²) in [7, 11) is 0. The molecular weight excluding hydrogens is 248 g/mol. The van der Waals surface area contributed by atoms with Crippen LogP contribution < -0.4 is 5.32 Å². The molecule has 0 spiro atoms. The van der Waals surface area contributed by atoms with Crippen molar-refractivity contribution in [2.45, 2.75) is 19.5 Å². The SMILES string of the molecule is CCNCC1COCCN1Cc1ccccc1Cl. The molecule has 1 aliphatic rings. The van der Waals surface area contributed by atoms with Gasteiger partial charge in [-0.1, -0.05) is 36.7 Å². The van der Waals surface area contributed by atoms with Gasteiger partial charge < -0.3 is 10.1 Å². The van der Waals surface area contributed by atoms with E-state index in [1.807, 2.05) is 18.2 Å². The first-order chi connectivity index (χ1) is 8.81. The van der Waals surface area contributed by atoms with Gasteiger partial charge in [0, 0.05) is 30.7 Å². The van der Waals surface area contributed by atoms with Crippen LogP contribution in [-0.4, -0.2) is 43.8 Å². The summed E-state index contributed by atoms with van der Waals surface area (Å²) in [5, 5.41) is 4.25. The molecule has 100 valence electrons. The molecule has 0 saturated carbocycles. The van der Waals surface area contributed by atoms with E-state index in [1.54, 1.807) is 0 Å². The summed E-state index contributed by atoms with van der Waals surface area (Å²) in [5.41, 5.74) is 1.20. The Morgan fingerprint density at radius 2 is 2.28 bits per heavy atom. The number of halogens is 1. The highest BCUT2D eigenvalue weighted by atomic mass is 35.5. The summed E-state index contributed by atoms with van der Waals surface area (Å²) in [6.45, 7) is 7.59. The molecule has 0 amide bonds. The van der Waals surface area contributed by atoms with Crippen LogP contribution in [0, 0.1) is 0 Å². The second-order valence-corrected chi connectivity index (χ2v) is 5.01. The van der Waals surface area contributed by atoms with Crippen molar-refractivity contribution >= 4 is 11.6 Å². The van der Waals surface area contributed by atoms with E-state index in [0.29, 0.717) is 6.04 Å². The molecule has 1 N–H and O–H groups in total. The molecule has 0 aliphatic carbocycles. The molecule has 4 heteroatoms. The normalized spacial score (nSPS) is 21.1. The Hall–Kier alpha value is -0.610. The number of hydrogen-bond donors (Lipinski definition) is 1. The van der Waals surface area contributed by atoms with Crippen molar-refractivity contribution in [1.29, 1.82) is 0 Å². The van der Waals surface area contributed by atoms with E-state index >= 15 is 0 Å². The molecule has 1 saturated heterocycles. The zero-order chi connectivity index (χ0) is 12.8. The first-order valence-corrected chi connectivity index (χ1v) is 6.95.